The molecule has 0 aromatic heterocycles. The van der Waals surface area contributed by atoms with E-state index in [0.717, 1.165) is 6.42 Å². The summed E-state index contributed by atoms with van der Waals surface area (Å²) in [6.07, 6.45) is 2.33. The van der Waals surface area contributed by atoms with E-state index < -0.39 is 0 Å². The van der Waals surface area contributed by atoms with Crippen molar-refractivity contribution < 1.29 is 9.39 Å². The van der Waals surface area contributed by atoms with Gasteiger partial charge in [-0.1, -0.05) is 13.5 Å². The summed E-state index contributed by atoms with van der Waals surface area (Å²) in [5.74, 6) is -0.125. The highest BCUT2D eigenvalue weighted by Crippen LogP contribution is 2.05. The molecule has 1 unspecified atom stereocenters. The predicted molar refractivity (Wildman–Crippen MR) is 50.2 cm³/mol. The van der Waals surface area contributed by atoms with Crippen LogP contribution in [-0.4, -0.2) is 30.6 Å². The average Bonchev–Trinajstić information content (AvgIpc) is 2.02. The SMILES string of the molecule is C=CC(=O)N[N+](C)(C)C(C)CC. The van der Waals surface area contributed by atoms with E-state index in [2.05, 4.69) is 25.9 Å². The molecule has 0 aliphatic carbocycles. The van der Waals surface area contributed by atoms with Crippen LogP contribution in [0.5, 0.6) is 0 Å². The molecule has 0 aromatic carbocycles. The molecule has 0 bridgehead atoms. The van der Waals surface area contributed by atoms with Gasteiger partial charge in [0.25, 0.3) is 5.91 Å². The van der Waals surface area contributed by atoms with Gasteiger partial charge in [-0.05, 0) is 13.3 Å². The molecular formula is C9H19N2O+. The molecule has 3 heteroatoms. The van der Waals surface area contributed by atoms with Crippen LogP contribution in [0.25, 0.3) is 0 Å². The van der Waals surface area contributed by atoms with Gasteiger partial charge in [-0.3, -0.25) is 4.79 Å². The average molecular weight is 171 g/mol. The van der Waals surface area contributed by atoms with Gasteiger partial charge < -0.3 is 0 Å². The van der Waals surface area contributed by atoms with Crippen LogP contribution in [0, 0.1) is 0 Å². The van der Waals surface area contributed by atoms with Crippen molar-refractivity contribution in [3.05, 3.63) is 12.7 Å². The molecule has 0 aromatic rings. The molecule has 0 heterocycles. The van der Waals surface area contributed by atoms with Crippen molar-refractivity contribution in [3.63, 3.8) is 0 Å². The lowest BCUT2D eigenvalue weighted by molar-refractivity contribution is -0.946. The summed E-state index contributed by atoms with van der Waals surface area (Å²) in [6, 6.07) is 0.411. The van der Waals surface area contributed by atoms with Crippen molar-refractivity contribution in [2.75, 3.05) is 14.1 Å². The Hall–Kier alpha value is -0.830. The van der Waals surface area contributed by atoms with Gasteiger partial charge in [-0.25, -0.2) is 4.59 Å². The third kappa shape index (κ3) is 3.05. The number of hydrogen-bond donors (Lipinski definition) is 1. The van der Waals surface area contributed by atoms with Gasteiger partial charge in [-0.2, -0.15) is 5.43 Å². The van der Waals surface area contributed by atoms with Gasteiger partial charge in [0.1, 0.15) is 6.04 Å². The van der Waals surface area contributed by atoms with E-state index in [0.29, 0.717) is 10.6 Å². The Kier molecular flexibility index (Phi) is 3.96. The van der Waals surface area contributed by atoms with E-state index in [9.17, 15) is 4.79 Å². The van der Waals surface area contributed by atoms with Gasteiger partial charge in [0.05, 0.1) is 14.1 Å². The second-order valence-corrected chi connectivity index (χ2v) is 3.48. The lowest BCUT2D eigenvalue weighted by Gasteiger charge is -2.34. The van der Waals surface area contributed by atoms with Crippen LogP contribution in [0.4, 0.5) is 0 Å². The number of carbonyl (C=O) groups is 1. The molecule has 0 rings (SSSR count). The Morgan fingerprint density at radius 2 is 2.17 bits per heavy atom. The Labute approximate surface area is 74.6 Å². The molecule has 1 amide bonds. The number of quaternary nitrogens is 1. The first kappa shape index (κ1) is 11.2. The van der Waals surface area contributed by atoms with Crippen molar-refractivity contribution in [2.45, 2.75) is 26.3 Å². The molecule has 0 aliphatic rings. The smallest absolute Gasteiger partial charge is 0.265 e. The minimum absolute atomic E-state index is 0.125. The third-order valence-electron chi connectivity index (χ3n) is 2.28. The molecule has 1 atom stereocenters. The standard InChI is InChI=1S/C9H18N2O/c1-6-8(3)11(4,5)10-9(12)7-2/h7-8H,2,6H2,1,3-5H3/p+1. The monoisotopic (exact) mass is 171 g/mol. The Morgan fingerprint density at radius 1 is 1.67 bits per heavy atom. The third-order valence-corrected chi connectivity index (χ3v) is 2.28. The first-order chi connectivity index (χ1) is 5.44. The quantitative estimate of drug-likeness (QED) is 0.383. The maximum absolute atomic E-state index is 11.0. The van der Waals surface area contributed by atoms with E-state index in [-0.39, 0.29) is 5.91 Å². The van der Waals surface area contributed by atoms with Crippen LogP contribution in [-0.2, 0) is 4.79 Å². The number of nitrogens with one attached hydrogen (secondary N) is 1. The van der Waals surface area contributed by atoms with E-state index in [1.54, 1.807) is 0 Å². The summed E-state index contributed by atoms with van der Waals surface area (Å²) in [7, 11) is 3.94. The van der Waals surface area contributed by atoms with E-state index in [4.69, 9.17) is 0 Å². The molecule has 0 aliphatic heterocycles. The van der Waals surface area contributed by atoms with Crippen molar-refractivity contribution in [1.29, 1.82) is 0 Å². The van der Waals surface area contributed by atoms with E-state index >= 15 is 0 Å². The maximum atomic E-state index is 11.0. The van der Waals surface area contributed by atoms with Crippen LogP contribution in [0.2, 0.25) is 0 Å². The summed E-state index contributed by atoms with van der Waals surface area (Å²) < 4.78 is 0.501. The molecule has 70 valence electrons. The van der Waals surface area contributed by atoms with Crippen molar-refractivity contribution in [3.8, 4) is 0 Å². The fraction of sp³-hybridized carbons (Fsp3) is 0.667. The number of amides is 1. The summed E-state index contributed by atoms with van der Waals surface area (Å²) >= 11 is 0. The Morgan fingerprint density at radius 3 is 2.50 bits per heavy atom. The maximum Gasteiger partial charge on any atom is 0.288 e. The van der Waals surface area contributed by atoms with Crippen LogP contribution in [0.3, 0.4) is 0 Å². The summed E-state index contributed by atoms with van der Waals surface area (Å²) in [5, 5.41) is 0. The zero-order valence-electron chi connectivity index (χ0n) is 8.42. The van der Waals surface area contributed by atoms with Crippen molar-refractivity contribution >= 4 is 5.91 Å². The highest BCUT2D eigenvalue weighted by atomic mass is 16.2. The fourth-order valence-electron chi connectivity index (χ4n) is 0.896. The lowest BCUT2D eigenvalue weighted by Crippen LogP contribution is -2.58. The van der Waals surface area contributed by atoms with Gasteiger partial charge >= 0.3 is 0 Å². The largest absolute Gasteiger partial charge is 0.288 e. The van der Waals surface area contributed by atoms with E-state index in [1.807, 2.05) is 14.1 Å². The Bertz CT molecular complexity index is 175. The first-order valence-electron chi connectivity index (χ1n) is 4.22. The molecule has 0 fully saturated rings. The number of hydrogen-bond acceptors (Lipinski definition) is 1. The van der Waals surface area contributed by atoms with Crippen LogP contribution < -0.4 is 5.43 Å². The van der Waals surface area contributed by atoms with Crippen molar-refractivity contribution in [2.24, 2.45) is 0 Å². The van der Waals surface area contributed by atoms with Crippen molar-refractivity contribution in [1.82, 2.24) is 5.43 Å². The zero-order chi connectivity index (χ0) is 9.78. The highest BCUT2D eigenvalue weighted by Gasteiger charge is 2.23. The number of nitrogens with zero attached hydrogens (tertiary/aromatic N) is 1. The minimum atomic E-state index is -0.125. The zero-order valence-corrected chi connectivity index (χ0v) is 8.42. The van der Waals surface area contributed by atoms with Crippen LogP contribution in [0.15, 0.2) is 12.7 Å². The van der Waals surface area contributed by atoms with Gasteiger partial charge in [-0.15, -0.1) is 0 Å². The highest BCUT2D eigenvalue weighted by molar-refractivity contribution is 5.85. The first-order valence-corrected chi connectivity index (χ1v) is 4.22. The molecule has 1 N–H and O–H groups in total. The lowest BCUT2D eigenvalue weighted by atomic mass is 10.2. The molecular weight excluding hydrogens is 152 g/mol. The minimum Gasteiger partial charge on any atom is -0.265 e. The molecule has 0 radical (unpaired) electrons. The second-order valence-electron chi connectivity index (χ2n) is 3.48. The molecule has 12 heavy (non-hydrogen) atoms. The van der Waals surface area contributed by atoms with Gasteiger partial charge in [0, 0.05) is 6.08 Å². The van der Waals surface area contributed by atoms with Gasteiger partial charge in [0.2, 0.25) is 0 Å². The molecule has 3 nitrogen and oxygen atoms in total. The molecule has 0 saturated heterocycles. The number of rotatable bonds is 4. The summed E-state index contributed by atoms with van der Waals surface area (Å²) in [5.41, 5.74) is 2.84. The predicted octanol–water partition coefficient (Wildman–Crippen LogP) is 1.08. The van der Waals surface area contributed by atoms with E-state index in [1.165, 1.54) is 6.08 Å². The molecule has 0 saturated carbocycles. The topological polar surface area (TPSA) is 29.1 Å². The van der Waals surface area contributed by atoms with Crippen LogP contribution >= 0.6 is 0 Å². The van der Waals surface area contributed by atoms with Gasteiger partial charge in [0.15, 0.2) is 0 Å². The van der Waals surface area contributed by atoms with Crippen LogP contribution in [0.1, 0.15) is 20.3 Å². The number of carbonyl (C=O) groups excluding carboxylic acids is 1. The summed E-state index contributed by atoms with van der Waals surface area (Å²) in [4.78, 5) is 11.0. The summed E-state index contributed by atoms with van der Waals surface area (Å²) in [6.45, 7) is 7.61. The molecule has 0 spiro atoms. The Balaban J connectivity index is 4.20. The second kappa shape index (κ2) is 4.26. The fourth-order valence-corrected chi connectivity index (χ4v) is 0.896. The normalized spacial score (nSPS) is 13.7.